The van der Waals surface area contributed by atoms with E-state index in [1.807, 2.05) is 0 Å². The van der Waals surface area contributed by atoms with Gasteiger partial charge in [-0.1, -0.05) is 13.8 Å². The zero-order chi connectivity index (χ0) is 13.8. The Morgan fingerprint density at radius 3 is 2.22 bits per heavy atom. The van der Waals surface area contributed by atoms with Crippen molar-refractivity contribution in [3.8, 4) is 0 Å². The number of hydrogen-bond acceptors (Lipinski definition) is 3. The van der Waals surface area contributed by atoms with Gasteiger partial charge >= 0.3 is 0 Å². The maximum absolute atomic E-state index is 11.9. The maximum atomic E-state index is 11.9. The molecule has 0 aromatic rings. The van der Waals surface area contributed by atoms with Crippen LogP contribution in [-0.4, -0.2) is 32.0 Å². The molecular weight excluding hydrogens is 246 g/mol. The molecule has 0 spiro atoms. The van der Waals surface area contributed by atoms with Gasteiger partial charge in [0, 0.05) is 6.04 Å². The van der Waals surface area contributed by atoms with Crippen molar-refractivity contribution >= 4 is 9.84 Å². The van der Waals surface area contributed by atoms with Gasteiger partial charge in [0.25, 0.3) is 0 Å². The Kier molecular flexibility index (Phi) is 6.12. The van der Waals surface area contributed by atoms with Crippen LogP contribution >= 0.6 is 0 Å². The lowest BCUT2D eigenvalue weighted by Gasteiger charge is -2.20. The summed E-state index contributed by atoms with van der Waals surface area (Å²) in [5.74, 6) is 1.48. The van der Waals surface area contributed by atoms with E-state index in [1.165, 1.54) is 12.8 Å². The second kappa shape index (κ2) is 6.90. The van der Waals surface area contributed by atoms with E-state index in [9.17, 15) is 8.42 Å². The normalized spacial score (nSPS) is 18.6. The second-order valence-electron chi connectivity index (χ2n) is 6.38. The molecule has 0 bridgehead atoms. The number of sulfone groups is 1. The third-order valence-corrected chi connectivity index (χ3v) is 5.85. The van der Waals surface area contributed by atoms with Crippen LogP contribution in [0.5, 0.6) is 0 Å². The zero-order valence-electron chi connectivity index (χ0n) is 12.3. The molecule has 18 heavy (non-hydrogen) atoms. The van der Waals surface area contributed by atoms with Crippen LogP contribution in [0.1, 0.15) is 53.4 Å². The summed E-state index contributed by atoms with van der Waals surface area (Å²) < 4.78 is 23.7. The average molecular weight is 275 g/mol. The van der Waals surface area contributed by atoms with E-state index >= 15 is 0 Å². The van der Waals surface area contributed by atoms with Gasteiger partial charge in [-0.15, -0.1) is 0 Å². The van der Waals surface area contributed by atoms with Gasteiger partial charge in [-0.25, -0.2) is 8.42 Å². The van der Waals surface area contributed by atoms with Crippen LogP contribution in [0.15, 0.2) is 0 Å². The lowest BCUT2D eigenvalue weighted by molar-refractivity contribution is 0.376. The molecule has 108 valence electrons. The van der Waals surface area contributed by atoms with E-state index in [1.54, 1.807) is 13.8 Å². The summed E-state index contributed by atoms with van der Waals surface area (Å²) >= 11 is 0. The third-order valence-electron chi connectivity index (χ3n) is 3.61. The molecule has 4 heteroatoms. The molecule has 0 heterocycles. The largest absolute Gasteiger partial charge is 0.314 e. The van der Waals surface area contributed by atoms with Crippen LogP contribution in [0, 0.1) is 11.8 Å². The van der Waals surface area contributed by atoms with Crippen molar-refractivity contribution < 1.29 is 8.42 Å². The van der Waals surface area contributed by atoms with Crippen LogP contribution < -0.4 is 5.32 Å². The fourth-order valence-electron chi connectivity index (χ4n) is 2.16. The van der Waals surface area contributed by atoms with Crippen LogP contribution in [0.2, 0.25) is 0 Å². The molecule has 1 aliphatic rings. The Balaban J connectivity index is 2.38. The van der Waals surface area contributed by atoms with E-state index < -0.39 is 9.84 Å². The Morgan fingerprint density at radius 1 is 1.17 bits per heavy atom. The molecule has 3 nitrogen and oxygen atoms in total. The van der Waals surface area contributed by atoms with Gasteiger partial charge < -0.3 is 5.32 Å². The Hall–Kier alpha value is -0.0900. The first-order valence-corrected chi connectivity index (χ1v) is 8.97. The second-order valence-corrected chi connectivity index (χ2v) is 9.06. The fourth-order valence-corrected chi connectivity index (χ4v) is 3.29. The zero-order valence-corrected chi connectivity index (χ0v) is 13.1. The Labute approximate surface area is 113 Å². The SMILES string of the molecule is CC(C)CC(CCS(=O)(=O)C(C)C)CNC1CC1. The highest BCUT2D eigenvalue weighted by molar-refractivity contribution is 7.91. The molecule has 1 N–H and O–H groups in total. The Morgan fingerprint density at radius 2 is 1.78 bits per heavy atom. The molecule has 0 radical (unpaired) electrons. The van der Waals surface area contributed by atoms with Gasteiger partial charge in [0.1, 0.15) is 0 Å². The van der Waals surface area contributed by atoms with Crippen molar-refractivity contribution in [2.45, 2.75) is 64.7 Å². The molecule has 1 unspecified atom stereocenters. The summed E-state index contributed by atoms with van der Waals surface area (Å²) in [4.78, 5) is 0. The minimum atomic E-state index is -2.88. The van der Waals surface area contributed by atoms with E-state index in [-0.39, 0.29) is 5.25 Å². The summed E-state index contributed by atoms with van der Waals surface area (Å²) in [5, 5.41) is 3.29. The lowest BCUT2D eigenvalue weighted by atomic mass is 9.95. The van der Waals surface area contributed by atoms with Crippen molar-refractivity contribution in [1.29, 1.82) is 0 Å². The molecular formula is C14H29NO2S. The summed E-state index contributed by atoms with van der Waals surface area (Å²) in [7, 11) is -2.88. The van der Waals surface area contributed by atoms with Gasteiger partial charge in [0.05, 0.1) is 11.0 Å². The van der Waals surface area contributed by atoms with Gasteiger partial charge in [0.15, 0.2) is 9.84 Å². The van der Waals surface area contributed by atoms with Crippen LogP contribution in [-0.2, 0) is 9.84 Å². The molecule has 0 aromatic heterocycles. The molecule has 1 atom stereocenters. The minimum absolute atomic E-state index is 0.242. The standard InChI is InChI=1S/C14H29NO2S/c1-11(2)9-13(10-15-14-5-6-14)7-8-18(16,17)12(3)4/h11-15H,5-10H2,1-4H3. The van der Waals surface area contributed by atoms with Crippen LogP contribution in [0.4, 0.5) is 0 Å². The van der Waals surface area contributed by atoms with Crippen molar-refractivity contribution in [3.63, 3.8) is 0 Å². The van der Waals surface area contributed by atoms with E-state index in [2.05, 4.69) is 19.2 Å². The van der Waals surface area contributed by atoms with E-state index in [4.69, 9.17) is 0 Å². The molecule has 1 rings (SSSR count). The predicted molar refractivity (Wildman–Crippen MR) is 77.5 cm³/mol. The minimum Gasteiger partial charge on any atom is -0.314 e. The van der Waals surface area contributed by atoms with E-state index in [0.29, 0.717) is 23.6 Å². The molecule has 0 saturated heterocycles. The molecule has 1 fully saturated rings. The predicted octanol–water partition coefficient (Wildman–Crippen LogP) is 2.61. The number of hydrogen-bond donors (Lipinski definition) is 1. The summed E-state index contributed by atoms with van der Waals surface area (Å²) in [6, 6.07) is 0.710. The molecule has 1 saturated carbocycles. The first-order valence-electron chi connectivity index (χ1n) is 7.26. The number of rotatable bonds is 9. The third kappa shape index (κ3) is 6.19. The highest BCUT2D eigenvalue weighted by atomic mass is 32.2. The van der Waals surface area contributed by atoms with Crippen molar-refractivity contribution in [1.82, 2.24) is 5.32 Å². The van der Waals surface area contributed by atoms with Crippen molar-refractivity contribution in [2.75, 3.05) is 12.3 Å². The monoisotopic (exact) mass is 275 g/mol. The smallest absolute Gasteiger partial charge is 0.152 e. The topological polar surface area (TPSA) is 46.2 Å². The highest BCUT2D eigenvalue weighted by Gasteiger charge is 2.24. The van der Waals surface area contributed by atoms with Gasteiger partial charge in [-0.2, -0.15) is 0 Å². The van der Waals surface area contributed by atoms with Gasteiger partial charge in [0.2, 0.25) is 0 Å². The number of nitrogens with one attached hydrogen (secondary N) is 1. The molecule has 0 aliphatic heterocycles. The lowest BCUT2D eigenvalue weighted by Crippen LogP contribution is -2.28. The average Bonchev–Trinajstić information content (AvgIpc) is 3.05. The van der Waals surface area contributed by atoms with Gasteiger partial charge in [-0.3, -0.25) is 0 Å². The van der Waals surface area contributed by atoms with Gasteiger partial charge in [-0.05, 0) is 57.9 Å². The maximum Gasteiger partial charge on any atom is 0.152 e. The highest BCUT2D eigenvalue weighted by Crippen LogP contribution is 2.22. The first kappa shape index (κ1) is 16.0. The van der Waals surface area contributed by atoms with E-state index in [0.717, 1.165) is 19.4 Å². The molecule has 0 amide bonds. The molecule has 1 aliphatic carbocycles. The Bertz CT molecular complexity index is 332. The summed E-state index contributed by atoms with van der Waals surface area (Å²) in [5.41, 5.74) is 0. The van der Waals surface area contributed by atoms with Crippen LogP contribution in [0.25, 0.3) is 0 Å². The summed E-state index contributed by atoms with van der Waals surface area (Å²) in [6.07, 6.45) is 4.50. The van der Waals surface area contributed by atoms with Crippen molar-refractivity contribution in [3.05, 3.63) is 0 Å². The fraction of sp³-hybridized carbons (Fsp3) is 1.00. The van der Waals surface area contributed by atoms with Crippen LogP contribution in [0.3, 0.4) is 0 Å². The summed E-state index contributed by atoms with van der Waals surface area (Å²) in [6.45, 7) is 8.95. The first-order chi connectivity index (χ1) is 8.31. The van der Waals surface area contributed by atoms with Crippen molar-refractivity contribution in [2.24, 2.45) is 11.8 Å². The quantitative estimate of drug-likeness (QED) is 0.703. The molecule has 0 aromatic carbocycles.